The van der Waals surface area contributed by atoms with E-state index in [1.165, 1.54) is 0 Å². The zero-order valence-electron chi connectivity index (χ0n) is 10.7. The summed E-state index contributed by atoms with van der Waals surface area (Å²) in [7, 11) is 0. The van der Waals surface area contributed by atoms with Gasteiger partial charge in [-0.3, -0.25) is 4.79 Å². The van der Waals surface area contributed by atoms with Gasteiger partial charge in [-0.2, -0.15) is 0 Å². The smallest absolute Gasteiger partial charge is 0.237 e. The van der Waals surface area contributed by atoms with Crippen LogP contribution in [0.25, 0.3) is 0 Å². The predicted molar refractivity (Wildman–Crippen MR) is 82.8 cm³/mol. The number of carbonyl (C=O) groups is 1. The van der Waals surface area contributed by atoms with Crippen LogP contribution in [0.15, 0.2) is 18.2 Å². The topological polar surface area (TPSA) is 61.4 Å². The minimum absolute atomic E-state index is 0. The number of hydrogen-bond donors (Lipinski definition) is 3. The highest BCUT2D eigenvalue weighted by Gasteiger charge is 2.27. The van der Waals surface area contributed by atoms with E-state index in [2.05, 4.69) is 10.6 Å². The van der Waals surface area contributed by atoms with E-state index < -0.39 is 6.10 Å². The van der Waals surface area contributed by atoms with Crippen LogP contribution >= 0.6 is 35.6 Å². The van der Waals surface area contributed by atoms with E-state index in [4.69, 9.17) is 23.2 Å². The summed E-state index contributed by atoms with van der Waals surface area (Å²) in [6, 6.07) is 5.04. The van der Waals surface area contributed by atoms with Gasteiger partial charge in [-0.1, -0.05) is 23.2 Å². The Morgan fingerprint density at radius 1 is 1.35 bits per heavy atom. The number of hydrogen-bond acceptors (Lipinski definition) is 3. The molecule has 0 aromatic heterocycles. The first-order chi connectivity index (χ1) is 9.04. The van der Waals surface area contributed by atoms with Crippen molar-refractivity contribution in [1.29, 1.82) is 0 Å². The lowest BCUT2D eigenvalue weighted by molar-refractivity contribution is -0.122. The van der Waals surface area contributed by atoms with Gasteiger partial charge in [0.15, 0.2) is 0 Å². The van der Waals surface area contributed by atoms with Gasteiger partial charge in [0.25, 0.3) is 0 Å². The second kappa shape index (κ2) is 8.05. The van der Waals surface area contributed by atoms with Gasteiger partial charge in [0.1, 0.15) is 0 Å². The van der Waals surface area contributed by atoms with Crippen LogP contribution in [0.2, 0.25) is 10.0 Å². The number of amides is 1. The fourth-order valence-corrected chi connectivity index (χ4v) is 2.70. The summed E-state index contributed by atoms with van der Waals surface area (Å²) in [6.45, 7) is 0.992. The average molecular weight is 340 g/mol. The lowest BCUT2D eigenvalue weighted by Crippen LogP contribution is -2.41. The highest BCUT2D eigenvalue weighted by atomic mass is 35.5. The van der Waals surface area contributed by atoms with Crippen molar-refractivity contribution in [1.82, 2.24) is 10.6 Å². The van der Waals surface area contributed by atoms with E-state index in [0.717, 1.165) is 5.56 Å². The van der Waals surface area contributed by atoms with Crippen LogP contribution in [0.1, 0.15) is 12.0 Å². The highest BCUT2D eigenvalue weighted by Crippen LogP contribution is 2.19. The zero-order chi connectivity index (χ0) is 13.8. The van der Waals surface area contributed by atoms with Crippen LogP contribution in [0.4, 0.5) is 0 Å². The Kier molecular flexibility index (Phi) is 7.06. The summed E-state index contributed by atoms with van der Waals surface area (Å²) in [4.78, 5) is 11.8. The molecule has 0 bridgehead atoms. The molecule has 1 amide bonds. The molecule has 0 saturated carbocycles. The number of β-amino-alcohol motifs (C(OH)–C–C–N with tert-alkyl or cyclic N) is 1. The summed E-state index contributed by atoms with van der Waals surface area (Å²) in [5.41, 5.74) is 0.984. The van der Waals surface area contributed by atoms with Gasteiger partial charge in [-0.25, -0.2) is 0 Å². The molecule has 3 N–H and O–H groups in total. The van der Waals surface area contributed by atoms with Crippen molar-refractivity contribution in [2.45, 2.75) is 25.0 Å². The number of rotatable bonds is 4. The predicted octanol–water partition coefficient (Wildman–Crippen LogP) is 1.80. The number of aliphatic hydroxyl groups excluding tert-OH is 1. The van der Waals surface area contributed by atoms with Crippen molar-refractivity contribution >= 4 is 41.5 Å². The minimum Gasteiger partial charge on any atom is -0.392 e. The number of benzene rings is 1. The van der Waals surface area contributed by atoms with Gasteiger partial charge in [0, 0.05) is 23.1 Å². The first-order valence-electron chi connectivity index (χ1n) is 6.19. The molecule has 20 heavy (non-hydrogen) atoms. The minimum atomic E-state index is -0.428. The first kappa shape index (κ1) is 17.5. The zero-order valence-corrected chi connectivity index (χ0v) is 13.1. The number of nitrogens with one attached hydrogen (secondary N) is 2. The molecule has 0 spiro atoms. The average Bonchev–Trinajstić information content (AvgIpc) is 2.74. The van der Waals surface area contributed by atoms with E-state index in [1.807, 2.05) is 12.1 Å². The molecule has 0 aliphatic carbocycles. The Labute approximate surface area is 134 Å². The molecule has 1 saturated heterocycles. The van der Waals surface area contributed by atoms with Gasteiger partial charge < -0.3 is 15.7 Å². The van der Waals surface area contributed by atoms with E-state index in [9.17, 15) is 9.90 Å². The van der Waals surface area contributed by atoms with Gasteiger partial charge >= 0.3 is 0 Å². The monoisotopic (exact) mass is 338 g/mol. The van der Waals surface area contributed by atoms with Gasteiger partial charge in [-0.05, 0) is 36.6 Å². The lowest BCUT2D eigenvalue weighted by atomic mass is 10.1. The van der Waals surface area contributed by atoms with Crippen molar-refractivity contribution in [2.75, 3.05) is 13.1 Å². The molecule has 2 unspecified atom stereocenters. The normalized spacial score (nSPS) is 21.4. The fourth-order valence-electron chi connectivity index (χ4n) is 2.13. The van der Waals surface area contributed by atoms with Crippen LogP contribution in [-0.4, -0.2) is 36.2 Å². The molecule has 112 valence electrons. The van der Waals surface area contributed by atoms with Crippen molar-refractivity contribution < 1.29 is 9.90 Å². The maximum absolute atomic E-state index is 11.8. The largest absolute Gasteiger partial charge is 0.392 e. The third kappa shape index (κ3) is 5.11. The van der Waals surface area contributed by atoms with Crippen LogP contribution in [0, 0.1) is 0 Å². The molecule has 1 heterocycles. The van der Waals surface area contributed by atoms with Crippen LogP contribution in [-0.2, 0) is 11.2 Å². The first-order valence-corrected chi connectivity index (χ1v) is 6.94. The molecule has 0 radical (unpaired) electrons. The van der Waals surface area contributed by atoms with Crippen molar-refractivity contribution in [2.24, 2.45) is 0 Å². The lowest BCUT2D eigenvalue weighted by Gasteiger charge is -2.11. The highest BCUT2D eigenvalue weighted by molar-refractivity contribution is 6.34. The standard InChI is InChI=1S/C13H16Cl2N2O2.ClH/c14-9-3-8(4-10(15)5-9)1-2-16-13(19)12-6-11(18)7-17-12;/h3-5,11-12,17-18H,1-2,6-7H2,(H,16,19);1H. The Balaban J connectivity index is 0.00000200. The summed E-state index contributed by atoms with van der Waals surface area (Å²) in [6.07, 6.45) is 0.707. The molecule has 2 atom stereocenters. The molecule has 4 nitrogen and oxygen atoms in total. The summed E-state index contributed by atoms with van der Waals surface area (Å²) < 4.78 is 0. The van der Waals surface area contributed by atoms with Crippen LogP contribution < -0.4 is 10.6 Å². The second-order valence-corrected chi connectivity index (χ2v) is 5.54. The third-order valence-corrected chi connectivity index (χ3v) is 3.50. The molecule has 1 aliphatic rings. The molecule has 1 aliphatic heterocycles. The Morgan fingerprint density at radius 3 is 2.55 bits per heavy atom. The molecular weight excluding hydrogens is 323 g/mol. The fraction of sp³-hybridized carbons (Fsp3) is 0.462. The Morgan fingerprint density at radius 2 is 2.00 bits per heavy atom. The summed E-state index contributed by atoms with van der Waals surface area (Å²) >= 11 is 11.8. The van der Waals surface area contributed by atoms with E-state index >= 15 is 0 Å². The second-order valence-electron chi connectivity index (χ2n) is 4.67. The molecule has 1 aromatic rings. The van der Waals surface area contributed by atoms with Crippen molar-refractivity contribution in [3.8, 4) is 0 Å². The van der Waals surface area contributed by atoms with Crippen molar-refractivity contribution in [3.63, 3.8) is 0 Å². The van der Waals surface area contributed by atoms with Crippen LogP contribution in [0.5, 0.6) is 0 Å². The van der Waals surface area contributed by atoms with Gasteiger partial charge in [0.2, 0.25) is 5.91 Å². The van der Waals surface area contributed by atoms with E-state index in [-0.39, 0.29) is 24.4 Å². The molecule has 1 fully saturated rings. The van der Waals surface area contributed by atoms with Gasteiger partial charge in [0.05, 0.1) is 12.1 Å². The number of carbonyl (C=O) groups excluding carboxylic acids is 1. The van der Waals surface area contributed by atoms with Crippen molar-refractivity contribution in [3.05, 3.63) is 33.8 Å². The third-order valence-electron chi connectivity index (χ3n) is 3.06. The van der Waals surface area contributed by atoms with Gasteiger partial charge in [-0.15, -0.1) is 12.4 Å². The Hall–Kier alpha value is -0.520. The number of halogens is 3. The van der Waals surface area contributed by atoms with E-state index in [0.29, 0.717) is 36.0 Å². The molecule has 7 heteroatoms. The molecule has 1 aromatic carbocycles. The van der Waals surface area contributed by atoms with E-state index in [1.54, 1.807) is 6.07 Å². The SMILES string of the molecule is Cl.O=C(NCCc1cc(Cl)cc(Cl)c1)C1CC(O)CN1. The number of aliphatic hydroxyl groups is 1. The Bertz CT molecular complexity index is 451. The maximum atomic E-state index is 11.8. The quantitative estimate of drug-likeness (QED) is 0.784. The molecular formula is C13H17Cl3N2O2. The maximum Gasteiger partial charge on any atom is 0.237 e. The summed E-state index contributed by atoms with van der Waals surface area (Å²) in [5, 5.41) is 16.3. The van der Waals surface area contributed by atoms with Crippen LogP contribution in [0.3, 0.4) is 0 Å². The molecule has 2 rings (SSSR count). The summed E-state index contributed by atoms with van der Waals surface area (Å²) in [5.74, 6) is -0.0790.